The van der Waals surface area contributed by atoms with Gasteiger partial charge in [-0.05, 0) is 44.2 Å². The lowest BCUT2D eigenvalue weighted by molar-refractivity contribution is -0.242. The highest BCUT2D eigenvalue weighted by atomic mass is 32.2. The maximum atomic E-state index is 13.9. The van der Waals surface area contributed by atoms with Gasteiger partial charge in [-0.15, -0.1) is 0 Å². The molecule has 0 saturated carbocycles. The number of fused-ring (bicyclic) bond motifs is 1. The van der Waals surface area contributed by atoms with Gasteiger partial charge in [0.2, 0.25) is 5.60 Å². The molecule has 3 rings (SSSR count). The van der Waals surface area contributed by atoms with Crippen LogP contribution in [0.2, 0.25) is 0 Å². The van der Waals surface area contributed by atoms with Gasteiger partial charge in [-0.1, -0.05) is 0 Å². The number of halogens is 4. The van der Waals surface area contributed by atoms with Crippen LogP contribution in [-0.2, 0) is 19.6 Å². The third-order valence-corrected chi connectivity index (χ3v) is 7.43. The zero-order chi connectivity index (χ0) is 29.3. The molecule has 1 heterocycles. The Balaban J connectivity index is 2.01. The van der Waals surface area contributed by atoms with Gasteiger partial charge in [-0.3, -0.25) is 9.62 Å². The Bertz CT molecular complexity index is 1370. The molecule has 1 amide bonds. The summed E-state index contributed by atoms with van der Waals surface area (Å²) in [6, 6.07) is 6.19. The number of carbonyl (C=O) groups excluding carboxylic acids is 1. The predicted octanol–water partition coefficient (Wildman–Crippen LogP) is 3.52. The van der Waals surface area contributed by atoms with Crippen LogP contribution in [0.4, 0.5) is 33.7 Å². The second-order valence-corrected chi connectivity index (χ2v) is 10.7. The Morgan fingerprint density at radius 3 is 2.46 bits per heavy atom. The van der Waals surface area contributed by atoms with Crippen molar-refractivity contribution in [3.05, 3.63) is 42.2 Å². The Morgan fingerprint density at radius 2 is 1.87 bits per heavy atom. The number of benzene rings is 2. The highest BCUT2D eigenvalue weighted by Gasteiger charge is 2.51. The van der Waals surface area contributed by atoms with Gasteiger partial charge in [0.25, 0.3) is 10.0 Å². The van der Waals surface area contributed by atoms with Crippen molar-refractivity contribution in [1.82, 2.24) is 0 Å². The Hall–Kier alpha value is -3.79. The summed E-state index contributed by atoms with van der Waals surface area (Å²) < 4.78 is 96.1. The first-order valence-electron chi connectivity index (χ1n) is 11.1. The molecular weight excluding hydrogens is 556 g/mol. The number of hydrogen-bond donors (Lipinski definition) is 3. The molecule has 2 aromatic rings. The third-order valence-electron chi connectivity index (χ3n) is 5.65. The number of carboxylic acid groups (broad SMARTS) is 1. The minimum atomic E-state index is -4.87. The van der Waals surface area contributed by atoms with Gasteiger partial charge < -0.3 is 24.4 Å². The zero-order valence-corrected chi connectivity index (χ0v) is 21.5. The van der Waals surface area contributed by atoms with Crippen LogP contribution in [0.5, 0.6) is 11.5 Å². The van der Waals surface area contributed by atoms with Gasteiger partial charge in [0, 0.05) is 18.2 Å². The summed E-state index contributed by atoms with van der Waals surface area (Å²) >= 11 is 0. The van der Waals surface area contributed by atoms with Crippen molar-refractivity contribution in [2.75, 3.05) is 23.3 Å². The molecule has 0 aliphatic carbocycles. The van der Waals surface area contributed by atoms with Crippen LogP contribution in [0.1, 0.15) is 20.3 Å². The van der Waals surface area contributed by atoms with Crippen LogP contribution >= 0.6 is 0 Å². The number of sulfonamides is 1. The fourth-order valence-corrected chi connectivity index (χ4v) is 4.97. The van der Waals surface area contributed by atoms with E-state index in [9.17, 15) is 40.7 Å². The van der Waals surface area contributed by atoms with Gasteiger partial charge in [0.1, 0.15) is 11.9 Å². The quantitative estimate of drug-likeness (QED) is 0.399. The number of aliphatic hydroxyl groups is 1. The number of carboxylic acids is 1. The molecule has 16 heteroatoms. The summed E-state index contributed by atoms with van der Waals surface area (Å²) in [5, 5.41) is 20.9. The number of methoxy groups -OCH3 is 1. The van der Waals surface area contributed by atoms with Gasteiger partial charge >= 0.3 is 18.2 Å². The van der Waals surface area contributed by atoms with E-state index in [-0.39, 0.29) is 22.9 Å². The Kier molecular flexibility index (Phi) is 8.21. The second-order valence-electron chi connectivity index (χ2n) is 8.87. The SMILES string of the molecule is COc1cc(S(=O)(=O)N2C[C@H](C[C@H](O)C(=O)O)Oc3ccc(NC(=O)OC(C)(C)C(F)(F)F)cc32)ccc1F. The van der Waals surface area contributed by atoms with Crippen molar-refractivity contribution in [2.45, 2.75) is 49.1 Å². The van der Waals surface area contributed by atoms with Gasteiger partial charge in [0.15, 0.2) is 17.7 Å². The molecule has 2 atom stereocenters. The molecule has 0 aromatic heterocycles. The van der Waals surface area contributed by atoms with Crippen LogP contribution < -0.4 is 19.1 Å². The van der Waals surface area contributed by atoms with Crippen molar-refractivity contribution < 1.29 is 60.0 Å². The molecule has 0 spiro atoms. The van der Waals surface area contributed by atoms with E-state index in [2.05, 4.69) is 10.1 Å². The molecular formula is C23H24F4N2O9S. The summed E-state index contributed by atoms with van der Waals surface area (Å²) in [7, 11) is -3.40. The number of aliphatic carboxylic acids is 1. The van der Waals surface area contributed by atoms with E-state index < -0.39 is 69.7 Å². The van der Waals surface area contributed by atoms with E-state index in [0.29, 0.717) is 13.8 Å². The van der Waals surface area contributed by atoms with Gasteiger partial charge in [-0.25, -0.2) is 22.4 Å². The largest absolute Gasteiger partial charge is 0.494 e. The second kappa shape index (κ2) is 10.8. The summed E-state index contributed by atoms with van der Waals surface area (Å²) in [4.78, 5) is 22.9. The van der Waals surface area contributed by atoms with E-state index in [4.69, 9.17) is 14.6 Å². The number of ether oxygens (including phenoxy) is 3. The normalized spacial score (nSPS) is 16.5. The first-order chi connectivity index (χ1) is 18.0. The molecule has 3 N–H and O–H groups in total. The molecule has 2 aromatic carbocycles. The highest BCUT2D eigenvalue weighted by Crippen LogP contribution is 2.40. The minimum absolute atomic E-state index is 0.115. The van der Waals surface area contributed by atoms with Gasteiger partial charge in [0.05, 0.1) is 24.2 Å². The number of nitrogens with zero attached hydrogens (tertiary/aromatic N) is 1. The monoisotopic (exact) mass is 580 g/mol. The molecule has 0 radical (unpaired) electrons. The first kappa shape index (κ1) is 29.8. The molecule has 214 valence electrons. The topological polar surface area (TPSA) is 152 Å². The smallest absolute Gasteiger partial charge is 0.427 e. The minimum Gasteiger partial charge on any atom is -0.494 e. The number of hydrogen-bond acceptors (Lipinski definition) is 8. The Labute approximate surface area is 219 Å². The van der Waals surface area contributed by atoms with E-state index in [1.807, 2.05) is 0 Å². The van der Waals surface area contributed by atoms with Crippen LogP contribution in [0.3, 0.4) is 0 Å². The summed E-state index contributed by atoms with van der Waals surface area (Å²) in [6.45, 7) is 0.767. The number of alkyl halides is 3. The number of rotatable bonds is 8. The van der Waals surface area contributed by atoms with E-state index in [1.165, 1.54) is 12.1 Å². The lowest BCUT2D eigenvalue weighted by Crippen LogP contribution is -2.45. The van der Waals surface area contributed by atoms with Crippen molar-refractivity contribution in [3.63, 3.8) is 0 Å². The number of carbonyl (C=O) groups is 2. The zero-order valence-electron chi connectivity index (χ0n) is 20.7. The van der Waals surface area contributed by atoms with Crippen LogP contribution in [0, 0.1) is 5.82 Å². The van der Waals surface area contributed by atoms with Crippen molar-refractivity contribution >= 4 is 33.5 Å². The molecule has 11 nitrogen and oxygen atoms in total. The van der Waals surface area contributed by atoms with Crippen LogP contribution in [-0.4, -0.2) is 68.3 Å². The molecule has 0 unspecified atom stereocenters. The van der Waals surface area contributed by atoms with Crippen molar-refractivity contribution in [2.24, 2.45) is 0 Å². The van der Waals surface area contributed by atoms with E-state index in [1.54, 1.807) is 0 Å². The highest BCUT2D eigenvalue weighted by molar-refractivity contribution is 7.92. The van der Waals surface area contributed by atoms with Crippen LogP contribution in [0.15, 0.2) is 41.3 Å². The maximum Gasteiger partial charge on any atom is 0.427 e. The lowest BCUT2D eigenvalue weighted by atomic mass is 10.1. The summed E-state index contributed by atoms with van der Waals surface area (Å²) in [5.74, 6) is -2.90. The maximum absolute atomic E-state index is 13.9. The summed E-state index contributed by atoms with van der Waals surface area (Å²) in [6.07, 6.45) is -9.90. The average molecular weight is 581 g/mol. The van der Waals surface area contributed by atoms with Gasteiger partial charge in [-0.2, -0.15) is 13.2 Å². The molecule has 1 aliphatic heterocycles. The molecule has 0 saturated heterocycles. The summed E-state index contributed by atoms with van der Waals surface area (Å²) in [5.41, 5.74) is -3.18. The fraction of sp³-hybridized carbons (Fsp3) is 0.391. The number of nitrogens with one attached hydrogen (secondary N) is 1. The first-order valence-corrected chi connectivity index (χ1v) is 12.5. The van der Waals surface area contributed by atoms with Crippen LogP contribution in [0.25, 0.3) is 0 Å². The number of anilines is 2. The fourth-order valence-electron chi connectivity index (χ4n) is 3.45. The lowest BCUT2D eigenvalue weighted by Gasteiger charge is -2.36. The molecule has 1 aliphatic rings. The number of aliphatic hydroxyl groups excluding tert-OH is 1. The predicted molar refractivity (Wildman–Crippen MR) is 127 cm³/mol. The Morgan fingerprint density at radius 1 is 1.21 bits per heavy atom. The van der Waals surface area contributed by atoms with E-state index >= 15 is 0 Å². The van der Waals surface area contributed by atoms with Crippen molar-refractivity contribution in [3.8, 4) is 11.5 Å². The molecule has 0 bridgehead atoms. The third kappa shape index (κ3) is 6.44. The van der Waals surface area contributed by atoms with E-state index in [0.717, 1.165) is 35.7 Å². The average Bonchev–Trinajstić information content (AvgIpc) is 2.82. The molecule has 39 heavy (non-hydrogen) atoms. The molecule has 0 fully saturated rings. The number of amides is 1. The van der Waals surface area contributed by atoms with Crippen molar-refractivity contribution in [1.29, 1.82) is 0 Å². The standard InChI is InChI=1S/C23H24F4N2O9S/c1-22(2,23(25,26)27)38-21(33)28-12-4-7-18-16(8-12)29(11-13(37-18)9-17(30)20(31)32)39(34,35)14-5-6-15(24)19(10-14)36-3/h4-8,10,13,17,30H,9,11H2,1-3H3,(H,28,33)(H,31,32)/t13-,17-/m0/s1.